The van der Waals surface area contributed by atoms with Crippen molar-refractivity contribution in [3.8, 4) is 11.4 Å². The molecule has 0 unspecified atom stereocenters. The molecule has 1 atom stereocenters. The number of aromatic nitrogens is 2. The molecular weight excluding hydrogens is 332 g/mol. The van der Waals surface area contributed by atoms with Crippen LogP contribution in [-0.4, -0.2) is 33.7 Å². The molecule has 1 aromatic heterocycles. The van der Waals surface area contributed by atoms with Gasteiger partial charge in [-0.1, -0.05) is 48.0 Å². The molecule has 132 valence electrons. The molecule has 0 bridgehead atoms. The minimum Gasteiger partial charge on any atom is -0.478 e. The van der Waals surface area contributed by atoms with Crippen molar-refractivity contribution in [2.75, 3.05) is 7.11 Å². The summed E-state index contributed by atoms with van der Waals surface area (Å²) in [5.74, 6) is -1.12. The molecular formula is C20H18N2O4. The molecule has 3 aromatic rings. The smallest absolute Gasteiger partial charge is 0.336 e. The number of methoxy groups -OCH3 is 1. The predicted molar refractivity (Wildman–Crippen MR) is 96.0 cm³/mol. The molecule has 6 nitrogen and oxygen atoms in total. The van der Waals surface area contributed by atoms with Crippen molar-refractivity contribution in [1.29, 1.82) is 0 Å². The highest BCUT2D eigenvalue weighted by Crippen LogP contribution is 2.29. The van der Waals surface area contributed by atoms with Crippen molar-refractivity contribution < 1.29 is 19.4 Å². The van der Waals surface area contributed by atoms with Crippen LogP contribution in [0.2, 0.25) is 0 Å². The van der Waals surface area contributed by atoms with Crippen LogP contribution in [0.5, 0.6) is 0 Å². The van der Waals surface area contributed by atoms with Crippen molar-refractivity contribution in [3.63, 3.8) is 0 Å². The first-order chi connectivity index (χ1) is 12.5. The zero-order chi connectivity index (χ0) is 18.7. The number of esters is 1. The molecule has 0 amide bonds. The zero-order valence-electron chi connectivity index (χ0n) is 14.4. The highest BCUT2D eigenvalue weighted by Gasteiger charge is 2.27. The number of carboxylic acid groups (broad SMARTS) is 1. The summed E-state index contributed by atoms with van der Waals surface area (Å²) < 4.78 is 6.64. The lowest BCUT2D eigenvalue weighted by molar-refractivity contribution is -0.143. The predicted octanol–water partition coefficient (Wildman–Crippen LogP) is 3.32. The molecule has 0 fully saturated rings. The fourth-order valence-corrected chi connectivity index (χ4v) is 2.96. The summed E-state index contributed by atoms with van der Waals surface area (Å²) in [5, 5.41) is 9.47. The van der Waals surface area contributed by atoms with E-state index >= 15 is 0 Å². The highest BCUT2D eigenvalue weighted by molar-refractivity contribution is 5.95. The number of hydrogen-bond donors (Lipinski definition) is 1. The Kier molecular flexibility index (Phi) is 4.84. The largest absolute Gasteiger partial charge is 0.478 e. The number of nitrogens with zero attached hydrogens (tertiary/aromatic N) is 2. The van der Waals surface area contributed by atoms with Crippen molar-refractivity contribution >= 4 is 11.9 Å². The van der Waals surface area contributed by atoms with E-state index in [1.165, 1.54) is 13.2 Å². The summed E-state index contributed by atoms with van der Waals surface area (Å²) in [5.41, 5.74) is 2.30. The Labute approximate surface area is 150 Å². The van der Waals surface area contributed by atoms with Crippen LogP contribution in [0.1, 0.15) is 27.5 Å². The Balaban J connectivity index is 2.19. The maximum absolute atomic E-state index is 12.5. The molecule has 3 rings (SSSR count). The number of aromatic carboxylic acids is 1. The zero-order valence-corrected chi connectivity index (χ0v) is 14.4. The van der Waals surface area contributed by atoms with Crippen LogP contribution < -0.4 is 0 Å². The fraction of sp³-hybridized carbons (Fsp3) is 0.150. The number of benzene rings is 2. The topological polar surface area (TPSA) is 81.4 Å². The van der Waals surface area contributed by atoms with Crippen LogP contribution in [0, 0.1) is 6.92 Å². The maximum atomic E-state index is 12.5. The number of imidazole rings is 1. The average Bonchev–Trinajstić information content (AvgIpc) is 3.11. The standard InChI is InChI=1S/C20H18N2O4/c1-13-6-5-7-14(12-13)17(20(25)26-2)22-11-10-21-18(22)15-8-3-4-9-16(15)19(23)24/h3-12,17H,1-2H3,(H,23,24)/t17-/m0/s1. The van der Waals surface area contributed by atoms with Gasteiger partial charge < -0.3 is 14.4 Å². The van der Waals surface area contributed by atoms with E-state index in [0.717, 1.165) is 11.1 Å². The van der Waals surface area contributed by atoms with E-state index in [2.05, 4.69) is 4.98 Å². The Morgan fingerprint density at radius 1 is 1.15 bits per heavy atom. The summed E-state index contributed by atoms with van der Waals surface area (Å²) in [4.78, 5) is 28.4. The van der Waals surface area contributed by atoms with Gasteiger partial charge in [-0.3, -0.25) is 0 Å². The lowest BCUT2D eigenvalue weighted by Gasteiger charge is -2.20. The van der Waals surface area contributed by atoms with Gasteiger partial charge in [0.1, 0.15) is 5.82 Å². The maximum Gasteiger partial charge on any atom is 0.336 e. The summed E-state index contributed by atoms with van der Waals surface area (Å²) in [7, 11) is 1.33. The molecule has 0 spiro atoms. The van der Waals surface area contributed by atoms with Crippen LogP contribution in [0.4, 0.5) is 0 Å². The first-order valence-corrected chi connectivity index (χ1v) is 8.03. The minimum atomic E-state index is -1.06. The third-order valence-electron chi connectivity index (χ3n) is 4.13. The third kappa shape index (κ3) is 3.21. The lowest BCUT2D eigenvalue weighted by Crippen LogP contribution is -2.23. The van der Waals surface area contributed by atoms with E-state index in [0.29, 0.717) is 11.4 Å². The van der Waals surface area contributed by atoms with Gasteiger partial charge in [-0.15, -0.1) is 0 Å². The molecule has 0 aliphatic heterocycles. The molecule has 0 radical (unpaired) electrons. The summed E-state index contributed by atoms with van der Waals surface area (Å²) in [6.07, 6.45) is 3.19. The van der Waals surface area contributed by atoms with Crippen molar-refractivity contribution in [2.24, 2.45) is 0 Å². The first-order valence-electron chi connectivity index (χ1n) is 8.03. The summed E-state index contributed by atoms with van der Waals surface area (Å²) in [6, 6.07) is 13.3. The van der Waals surface area contributed by atoms with Gasteiger partial charge in [0.15, 0.2) is 6.04 Å². The van der Waals surface area contributed by atoms with E-state index in [4.69, 9.17) is 4.74 Å². The van der Waals surface area contributed by atoms with Gasteiger partial charge in [0.25, 0.3) is 0 Å². The lowest BCUT2D eigenvalue weighted by atomic mass is 10.0. The number of carbonyl (C=O) groups is 2. The van der Waals surface area contributed by atoms with E-state index in [1.54, 1.807) is 35.2 Å². The first kappa shape index (κ1) is 17.4. The van der Waals surface area contributed by atoms with Gasteiger partial charge in [-0.25, -0.2) is 14.6 Å². The Morgan fingerprint density at radius 3 is 2.62 bits per heavy atom. The highest BCUT2D eigenvalue weighted by atomic mass is 16.5. The molecule has 0 saturated carbocycles. The van der Waals surface area contributed by atoms with Crippen LogP contribution in [0.3, 0.4) is 0 Å². The molecule has 26 heavy (non-hydrogen) atoms. The van der Waals surface area contributed by atoms with Gasteiger partial charge in [0, 0.05) is 18.0 Å². The molecule has 0 saturated heterocycles. The number of rotatable bonds is 5. The number of aryl methyl sites for hydroxylation is 1. The van der Waals surface area contributed by atoms with Gasteiger partial charge >= 0.3 is 11.9 Å². The molecule has 6 heteroatoms. The van der Waals surface area contributed by atoms with E-state index in [9.17, 15) is 14.7 Å². The molecule has 2 aromatic carbocycles. The minimum absolute atomic E-state index is 0.118. The van der Waals surface area contributed by atoms with Crippen LogP contribution in [0.15, 0.2) is 60.9 Å². The monoisotopic (exact) mass is 350 g/mol. The average molecular weight is 350 g/mol. The van der Waals surface area contributed by atoms with Gasteiger partial charge in [-0.2, -0.15) is 0 Å². The SMILES string of the molecule is COC(=O)[C@H](c1cccc(C)c1)n1ccnc1-c1ccccc1C(=O)O. The van der Waals surface area contributed by atoms with E-state index in [-0.39, 0.29) is 5.56 Å². The second kappa shape index (κ2) is 7.23. The normalized spacial score (nSPS) is 11.8. The Bertz CT molecular complexity index is 962. The Morgan fingerprint density at radius 2 is 1.92 bits per heavy atom. The molecule has 0 aliphatic carbocycles. The van der Waals surface area contributed by atoms with Gasteiger partial charge in [-0.05, 0) is 18.6 Å². The van der Waals surface area contributed by atoms with E-state index < -0.39 is 18.0 Å². The summed E-state index contributed by atoms with van der Waals surface area (Å²) >= 11 is 0. The van der Waals surface area contributed by atoms with Crippen molar-refractivity contribution in [1.82, 2.24) is 9.55 Å². The number of ether oxygens (including phenoxy) is 1. The van der Waals surface area contributed by atoms with Gasteiger partial charge in [0.05, 0.1) is 12.7 Å². The van der Waals surface area contributed by atoms with Crippen LogP contribution in [0.25, 0.3) is 11.4 Å². The fourth-order valence-electron chi connectivity index (χ4n) is 2.96. The molecule has 1 heterocycles. The number of hydrogen-bond acceptors (Lipinski definition) is 4. The van der Waals surface area contributed by atoms with Gasteiger partial charge in [0.2, 0.25) is 0 Å². The number of carboxylic acids is 1. The van der Waals surface area contributed by atoms with E-state index in [1.807, 2.05) is 31.2 Å². The van der Waals surface area contributed by atoms with Crippen molar-refractivity contribution in [2.45, 2.75) is 13.0 Å². The second-order valence-corrected chi connectivity index (χ2v) is 5.85. The van der Waals surface area contributed by atoms with Crippen LogP contribution >= 0.6 is 0 Å². The quantitative estimate of drug-likeness (QED) is 0.714. The molecule has 0 aliphatic rings. The Hall–Kier alpha value is -3.41. The molecule has 1 N–H and O–H groups in total. The second-order valence-electron chi connectivity index (χ2n) is 5.85. The third-order valence-corrected chi connectivity index (χ3v) is 4.13. The van der Waals surface area contributed by atoms with Crippen molar-refractivity contribution in [3.05, 3.63) is 77.6 Å². The number of carbonyl (C=O) groups excluding carboxylic acids is 1. The summed E-state index contributed by atoms with van der Waals surface area (Å²) in [6.45, 7) is 1.94. The van der Waals surface area contributed by atoms with Crippen LogP contribution in [-0.2, 0) is 9.53 Å².